The Kier molecular flexibility index (Phi) is 4.25. The van der Waals surface area contributed by atoms with Crippen LogP contribution in [0.15, 0.2) is 48.5 Å². The summed E-state index contributed by atoms with van der Waals surface area (Å²) in [5.41, 5.74) is 7.56. The number of hydrogen-bond donors (Lipinski definition) is 2. The van der Waals surface area contributed by atoms with Crippen molar-refractivity contribution in [2.45, 2.75) is 0 Å². The third-order valence-corrected chi connectivity index (χ3v) is 2.54. The summed E-state index contributed by atoms with van der Waals surface area (Å²) in [5, 5.41) is 2.71. The first-order valence-corrected chi connectivity index (χ1v) is 6.02. The molecule has 0 atom stereocenters. The lowest BCUT2D eigenvalue weighted by Crippen LogP contribution is -2.20. The zero-order valence-electron chi connectivity index (χ0n) is 10.8. The molecule has 0 aliphatic heterocycles. The van der Waals surface area contributed by atoms with Crippen LogP contribution in [0.4, 0.5) is 11.4 Å². The van der Waals surface area contributed by atoms with Gasteiger partial charge >= 0.3 is 0 Å². The predicted molar refractivity (Wildman–Crippen MR) is 79.4 cm³/mol. The third kappa shape index (κ3) is 3.79. The van der Waals surface area contributed by atoms with E-state index >= 15 is 0 Å². The summed E-state index contributed by atoms with van der Waals surface area (Å²) in [5.74, 6) is 2.80. The van der Waals surface area contributed by atoms with Crippen molar-refractivity contribution in [1.29, 1.82) is 0 Å². The monoisotopic (exact) mass is 266 g/mol. The number of benzene rings is 2. The molecule has 2 aromatic rings. The largest absolute Gasteiger partial charge is 0.484 e. The van der Waals surface area contributed by atoms with Gasteiger partial charge in [0.2, 0.25) is 0 Å². The molecule has 0 fully saturated rings. The molecule has 4 heteroatoms. The number of rotatable bonds is 4. The molecule has 2 aromatic carbocycles. The van der Waals surface area contributed by atoms with E-state index in [1.807, 2.05) is 0 Å². The van der Waals surface area contributed by atoms with E-state index in [4.69, 9.17) is 16.9 Å². The van der Waals surface area contributed by atoms with Gasteiger partial charge in [-0.3, -0.25) is 4.79 Å². The van der Waals surface area contributed by atoms with Gasteiger partial charge in [0.25, 0.3) is 5.91 Å². The second kappa shape index (κ2) is 6.30. The van der Waals surface area contributed by atoms with E-state index in [1.165, 1.54) is 0 Å². The van der Waals surface area contributed by atoms with Gasteiger partial charge in [0.1, 0.15) is 5.75 Å². The highest BCUT2D eigenvalue weighted by Gasteiger charge is 2.04. The van der Waals surface area contributed by atoms with Crippen LogP contribution in [0.2, 0.25) is 0 Å². The number of carbonyl (C=O) groups excluding carboxylic acids is 1. The molecule has 0 bridgehead atoms. The minimum absolute atomic E-state index is 0.0935. The summed E-state index contributed by atoms with van der Waals surface area (Å²) >= 11 is 0. The molecule has 0 saturated heterocycles. The van der Waals surface area contributed by atoms with Crippen molar-refractivity contribution in [3.8, 4) is 18.1 Å². The average molecular weight is 266 g/mol. The molecule has 1 amide bonds. The number of nitrogens with two attached hydrogens (primary N) is 1. The Morgan fingerprint density at radius 2 is 2.05 bits per heavy atom. The van der Waals surface area contributed by atoms with Gasteiger partial charge in [0.15, 0.2) is 6.61 Å². The van der Waals surface area contributed by atoms with Crippen molar-refractivity contribution in [3.05, 3.63) is 54.1 Å². The van der Waals surface area contributed by atoms with E-state index in [9.17, 15) is 4.79 Å². The topological polar surface area (TPSA) is 64.3 Å². The number of terminal acetylenes is 1. The van der Waals surface area contributed by atoms with Gasteiger partial charge in [-0.1, -0.05) is 18.1 Å². The highest BCUT2D eigenvalue weighted by Crippen LogP contribution is 2.14. The van der Waals surface area contributed by atoms with Crippen LogP contribution >= 0.6 is 0 Å². The molecule has 20 heavy (non-hydrogen) atoms. The maximum absolute atomic E-state index is 11.8. The second-order valence-corrected chi connectivity index (χ2v) is 4.13. The van der Waals surface area contributed by atoms with Gasteiger partial charge in [-0.05, 0) is 30.3 Å². The minimum Gasteiger partial charge on any atom is -0.484 e. The summed E-state index contributed by atoms with van der Waals surface area (Å²) in [6.07, 6.45) is 5.30. The van der Waals surface area contributed by atoms with Crippen LogP contribution in [0.3, 0.4) is 0 Å². The number of hydrogen-bond acceptors (Lipinski definition) is 3. The number of amides is 1. The fraction of sp³-hybridized carbons (Fsp3) is 0.0625. The van der Waals surface area contributed by atoms with E-state index < -0.39 is 0 Å². The molecule has 0 aliphatic carbocycles. The SMILES string of the molecule is C#Cc1cccc(NC(=O)COc2cccc(N)c2)c1. The number of nitrogen functional groups attached to an aromatic ring is 1. The van der Waals surface area contributed by atoms with Gasteiger partial charge in [-0.25, -0.2) is 0 Å². The van der Waals surface area contributed by atoms with Gasteiger partial charge in [-0.15, -0.1) is 6.42 Å². The summed E-state index contributed by atoms with van der Waals surface area (Å²) in [4.78, 5) is 11.8. The summed E-state index contributed by atoms with van der Waals surface area (Å²) in [7, 11) is 0. The Morgan fingerprint density at radius 1 is 1.25 bits per heavy atom. The lowest BCUT2D eigenvalue weighted by Gasteiger charge is -2.08. The summed E-state index contributed by atoms with van der Waals surface area (Å²) < 4.78 is 5.35. The average Bonchev–Trinajstić information content (AvgIpc) is 2.45. The van der Waals surface area contributed by atoms with Crippen LogP contribution in [0.25, 0.3) is 0 Å². The van der Waals surface area contributed by atoms with Gasteiger partial charge in [-0.2, -0.15) is 0 Å². The third-order valence-electron chi connectivity index (χ3n) is 2.54. The molecular formula is C16H14N2O2. The smallest absolute Gasteiger partial charge is 0.262 e. The lowest BCUT2D eigenvalue weighted by molar-refractivity contribution is -0.118. The van der Waals surface area contributed by atoms with Crippen molar-refractivity contribution < 1.29 is 9.53 Å². The van der Waals surface area contributed by atoms with E-state index in [-0.39, 0.29) is 12.5 Å². The van der Waals surface area contributed by atoms with Crippen molar-refractivity contribution >= 4 is 17.3 Å². The molecule has 4 nitrogen and oxygen atoms in total. The fourth-order valence-electron chi connectivity index (χ4n) is 1.64. The van der Waals surface area contributed by atoms with Crippen LogP contribution in [-0.2, 0) is 4.79 Å². The maximum Gasteiger partial charge on any atom is 0.262 e. The molecule has 0 aromatic heterocycles. The first kappa shape index (κ1) is 13.5. The Labute approximate surface area is 117 Å². The molecule has 0 aliphatic rings. The predicted octanol–water partition coefficient (Wildman–Crippen LogP) is 2.27. The van der Waals surface area contributed by atoms with E-state index in [1.54, 1.807) is 48.5 Å². The summed E-state index contributed by atoms with van der Waals surface area (Å²) in [6, 6.07) is 14.0. The van der Waals surface area contributed by atoms with Crippen molar-refractivity contribution in [3.63, 3.8) is 0 Å². The molecule has 0 saturated carbocycles. The molecule has 2 rings (SSSR count). The van der Waals surface area contributed by atoms with Crippen molar-refractivity contribution in [2.24, 2.45) is 0 Å². The molecule has 3 N–H and O–H groups in total. The summed E-state index contributed by atoms with van der Waals surface area (Å²) in [6.45, 7) is -0.0935. The Hall–Kier alpha value is -2.93. The fourth-order valence-corrected chi connectivity index (χ4v) is 1.64. The molecule has 100 valence electrons. The van der Waals surface area contributed by atoms with Crippen LogP contribution in [0.1, 0.15) is 5.56 Å². The molecule has 0 heterocycles. The second-order valence-electron chi connectivity index (χ2n) is 4.13. The first-order valence-electron chi connectivity index (χ1n) is 6.02. The number of nitrogens with one attached hydrogen (secondary N) is 1. The Balaban J connectivity index is 1.91. The minimum atomic E-state index is -0.262. The van der Waals surface area contributed by atoms with Crippen LogP contribution in [0, 0.1) is 12.3 Å². The lowest BCUT2D eigenvalue weighted by atomic mass is 10.2. The normalized spacial score (nSPS) is 9.55. The van der Waals surface area contributed by atoms with Gasteiger partial charge in [0.05, 0.1) is 0 Å². The molecular weight excluding hydrogens is 252 g/mol. The maximum atomic E-state index is 11.8. The molecule has 0 unspecified atom stereocenters. The van der Waals surface area contributed by atoms with Crippen LogP contribution < -0.4 is 15.8 Å². The van der Waals surface area contributed by atoms with Crippen molar-refractivity contribution in [2.75, 3.05) is 17.7 Å². The van der Waals surface area contributed by atoms with E-state index in [0.29, 0.717) is 22.7 Å². The quantitative estimate of drug-likeness (QED) is 0.659. The van der Waals surface area contributed by atoms with E-state index in [2.05, 4.69) is 11.2 Å². The van der Waals surface area contributed by atoms with Crippen molar-refractivity contribution in [1.82, 2.24) is 0 Å². The number of ether oxygens (including phenoxy) is 1. The standard InChI is InChI=1S/C16H14N2O2/c1-2-12-5-3-7-14(9-12)18-16(19)11-20-15-8-4-6-13(17)10-15/h1,3-10H,11,17H2,(H,18,19). The first-order chi connectivity index (χ1) is 9.67. The molecule has 0 radical (unpaired) electrons. The van der Waals surface area contributed by atoms with Gasteiger partial charge < -0.3 is 15.8 Å². The highest BCUT2D eigenvalue weighted by molar-refractivity contribution is 5.92. The van der Waals surface area contributed by atoms with Crippen LogP contribution in [0.5, 0.6) is 5.75 Å². The van der Waals surface area contributed by atoms with E-state index in [0.717, 1.165) is 0 Å². The highest BCUT2D eigenvalue weighted by atomic mass is 16.5. The van der Waals surface area contributed by atoms with Crippen LogP contribution in [-0.4, -0.2) is 12.5 Å². The van der Waals surface area contributed by atoms with Gasteiger partial charge in [0, 0.05) is 23.0 Å². The Bertz CT molecular complexity index is 660. The number of carbonyl (C=O) groups is 1. The zero-order chi connectivity index (χ0) is 14.4. The zero-order valence-corrected chi connectivity index (χ0v) is 10.8. The molecule has 0 spiro atoms. The Morgan fingerprint density at radius 3 is 2.80 bits per heavy atom. The number of anilines is 2.